The van der Waals surface area contributed by atoms with E-state index in [1.807, 2.05) is 24.3 Å². The van der Waals surface area contributed by atoms with Crippen molar-refractivity contribution in [1.29, 1.82) is 5.26 Å². The third kappa shape index (κ3) is 4.55. The Morgan fingerprint density at radius 3 is 2.56 bits per heavy atom. The molecule has 1 heterocycles. The number of nitriles is 1. The molecule has 4 rings (SSSR count). The van der Waals surface area contributed by atoms with Crippen LogP contribution in [0.2, 0.25) is 0 Å². The lowest BCUT2D eigenvalue weighted by Gasteiger charge is -2.11. The summed E-state index contributed by atoms with van der Waals surface area (Å²) in [6.45, 7) is 0.276. The number of halogens is 1. The first-order valence-electron chi connectivity index (χ1n) is 9.81. The molecule has 0 amide bonds. The number of nitrogens with one attached hydrogen (secondary N) is 1. The summed E-state index contributed by atoms with van der Waals surface area (Å²) in [4.78, 5) is 7.66. The van der Waals surface area contributed by atoms with Gasteiger partial charge in [0.05, 0.1) is 30.8 Å². The Bertz CT molecular complexity index is 1320. The number of methoxy groups -OCH3 is 2. The molecule has 0 aliphatic rings. The van der Waals surface area contributed by atoms with Crippen molar-refractivity contribution in [2.24, 2.45) is 0 Å². The van der Waals surface area contributed by atoms with Gasteiger partial charge in [-0.3, -0.25) is 0 Å². The number of allylic oxidation sites excluding steroid dienone is 1. The molecule has 0 spiro atoms. The Labute approximate surface area is 184 Å². The van der Waals surface area contributed by atoms with Crippen LogP contribution in [-0.2, 0) is 6.61 Å². The molecule has 6 nitrogen and oxygen atoms in total. The number of ether oxygens (including phenoxy) is 3. The highest BCUT2D eigenvalue weighted by atomic mass is 19.1. The summed E-state index contributed by atoms with van der Waals surface area (Å²) in [5, 5.41) is 9.69. The third-order valence-electron chi connectivity index (χ3n) is 4.87. The number of aromatic amines is 1. The molecule has 0 saturated carbocycles. The molecule has 0 saturated heterocycles. The second-order valence-electron chi connectivity index (χ2n) is 6.96. The summed E-state index contributed by atoms with van der Waals surface area (Å²) in [5.41, 5.74) is 3.49. The SMILES string of the molecule is COc1ccc2nc(/C(C#N)=C\c3ccc(OCc4ccc(F)cc4)c(OC)c3)[nH]c2c1. The lowest BCUT2D eigenvalue weighted by molar-refractivity contribution is 0.284. The quantitative estimate of drug-likeness (QED) is 0.400. The van der Waals surface area contributed by atoms with Gasteiger partial charge in [0.25, 0.3) is 0 Å². The number of rotatable bonds is 7. The molecule has 1 aromatic heterocycles. The van der Waals surface area contributed by atoms with Gasteiger partial charge in [-0.25, -0.2) is 9.37 Å². The van der Waals surface area contributed by atoms with Crippen LogP contribution in [0.1, 0.15) is 17.0 Å². The topological polar surface area (TPSA) is 80.2 Å². The van der Waals surface area contributed by atoms with Gasteiger partial charge in [-0.1, -0.05) is 18.2 Å². The predicted octanol–water partition coefficient (Wildman–Crippen LogP) is 5.36. The first kappa shape index (κ1) is 20.9. The minimum Gasteiger partial charge on any atom is -0.497 e. The van der Waals surface area contributed by atoms with Gasteiger partial charge in [-0.2, -0.15) is 5.26 Å². The van der Waals surface area contributed by atoms with Gasteiger partial charge in [0.15, 0.2) is 11.5 Å². The molecule has 0 aliphatic heterocycles. The molecule has 0 aliphatic carbocycles. The smallest absolute Gasteiger partial charge is 0.161 e. The zero-order chi connectivity index (χ0) is 22.5. The molecule has 4 aromatic rings. The third-order valence-corrected chi connectivity index (χ3v) is 4.87. The van der Waals surface area contributed by atoms with Crippen molar-refractivity contribution in [1.82, 2.24) is 9.97 Å². The molecule has 160 valence electrons. The maximum atomic E-state index is 13.1. The van der Waals surface area contributed by atoms with Gasteiger partial charge in [0, 0.05) is 6.07 Å². The van der Waals surface area contributed by atoms with Crippen LogP contribution in [0, 0.1) is 17.1 Å². The molecular weight excluding hydrogens is 409 g/mol. The van der Waals surface area contributed by atoms with Crippen LogP contribution in [-0.4, -0.2) is 24.2 Å². The first-order chi connectivity index (χ1) is 15.6. The molecule has 0 atom stereocenters. The number of hydrogen-bond acceptors (Lipinski definition) is 5. The molecule has 1 N–H and O–H groups in total. The van der Waals surface area contributed by atoms with Gasteiger partial charge >= 0.3 is 0 Å². The summed E-state index contributed by atoms with van der Waals surface area (Å²) in [5.74, 6) is 1.94. The Balaban J connectivity index is 1.58. The Morgan fingerprint density at radius 1 is 1.03 bits per heavy atom. The van der Waals surface area contributed by atoms with Crippen LogP contribution < -0.4 is 14.2 Å². The normalized spacial score (nSPS) is 11.2. The fraction of sp³-hybridized carbons (Fsp3) is 0.120. The number of imidazole rings is 1. The summed E-state index contributed by atoms with van der Waals surface area (Å²) >= 11 is 0. The molecule has 3 aromatic carbocycles. The van der Waals surface area contributed by atoms with Crippen LogP contribution in [0.3, 0.4) is 0 Å². The van der Waals surface area contributed by atoms with E-state index < -0.39 is 0 Å². The van der Waals surface area contributed by atoms with Crippen molar-refractivity contribution < 1.29 is 18.6 Å². The van der Waals surface area contributed by atoms with Crippen molar-refractivity contribution >= 4 is 22.7 Å². The van der Waals surface area contributed by atoms with Crippen molar-refractivity contribution in [2.45, 2.75) is 6.61 Å². The standard InChI is InChI=1S/C25H20FN3O3/c1-30-20-8-9-21-22(13-20)29-25(28-21)18(14-27)11-17-5-10-23(24(12-17)31-2)32-15-16-3-6-19(26)7-4-16/h3-13H,15H2,1-2H3,(H,28,29)/b18-11-. The van der Waals surface area contributed by atoms with E-state index in [0.717, 1.165) is 22.2 Å². The largest absolute Gasteiger partial charge is 0.497 e. The maximum Gasteiger partial charge on any atom is 0.161 e. The van der Waals surface area contributed by atoms with Gasteiger partial charge < -0.3 is 19.2 Å². The first-order valence-corrected chi connectivity index (χ1v) is 9.81. The van der Waals surface area contributed by atoms with Crippen LogP contribution in [0.5, 0.6) is 17.2 Å². The van der Waals surface area contributed by atoms with Crippen molar-refractivity contribution in [3.8, 4) is 23.3 Å². The number of hydrogen-bond donors (Lipinski definition) is 1. The molecule has 0 bridgehead atoms. The van der Waals surface area contributed by atoms with E-state index in [0.29, 0.717) is 28.6 Å². The zero-order valence-corrected chi connectivity index (χ0v) is 17.6. The minimum absolute atomic E-state index is 0.276. The van der Waals surface area contributed by atoms with E-state index in [4.69, 9.17) is 14.2 Å². The number of benzene rings is 3. The van der Waals surface area contributed by atoms with Crippen LogP contribution in [0.15, 0.2) is 60.7 Å². The van der Waals surface area contributed by atoms with Crippen molar-refractivity contribution in [2.75, 3.05) is 14.2 Å². The second kappa shape index (κ2) is 9.23. The molecular formula is C25H20FN3O3. The van der Waals surface area contributed by atoms with Gasteiger partial charge in [-0.15, -0.1) is 0 Å². The molecule has 7 heteroatoms. The molecule has 0 radical (unpaired) electrons. The average Bonchev–Trinajstić information content (AvgIpc) is 3.25. The van der Waals surface area contributed by atoms with Gasteiger partial charge in [0.1, 0.15) is 30.1 Å². The zero-order valence-electron chi connectivity index (χ0n) is 17.6. The maximum absolute atomic E-state index is 13.1. The Hall–Kier alpha value is -4.31. The number of fused-ring (bicyclic) bond motifs is 1. The van der Waals surface area contributed by atoms with E-state index in [9.17, 15) is 9.65 Å². The van der Waals surface area contributed by atoms with E-state index in [-0.39, 0.29) is 12.4 Å². The van der Waals surface area contributed by atoms with E-state index >= 15 is 0 Å². The average molecular weight is 429 g/mol. The fourth-order valence-corrected chi connectivity index (χ4v) is 3.20. The number of nitrogens with zero attached hydrogens (tertiary/aromatic N) is 2. The van der Waals surface area contributed by atoms with Crippen molar-refractivity contribution in [3.63, 3.8) is 0 Å². The van der Waals surface area contributed by atoms with Crippen LogP contribution in [0.25, 0.3) is 22.7 Å². The van der Waals surface area contributed by atoms with Gasteiger partial charge in [-0.05, 0) is 53.6 Å². The lowest BCUT2D eigenvalue weighted by atomic mass is 10.1. The van der Waals surface area contributed by atoms with E-state index in [1.54, 1.807) is 44.6 Å². The summed E-state index contributed by atoms with van der Waals surface area (Å²) in [7, 11) is 3.14. The van der Waals surface area contributed by atoms with E-state index in [2.05, 4.69) is 16.0 Å². The molecule has 32 heavy (non-hydrogen) atoms. The summed E-state index contributed by atoms with van der Waals surface area (Å²) in [6.07, 6.45) is 1.72. The summed E-state index contributed by atoms with van der Waals surface area (Å²) in [6, 6.07) is 19.2. The van der Waals surface area contributed by atoms with Crippen molar-refractivity contribution in [3.05, 3.63) is 83.4 Å². The Kier molecular flexibility index (Phi) is 6.04. The number of aromatic nitrogens is 2. The fourth-order valence-electron chi connectivity index (χ4n) is 3.20. The highest BCUT2D eigenvalue weighted by Gasteiger charge is 2.11. The predicted molar refractivity (Wildman–Crippen MR) is 120 cm³/mol. The highest BCUT2D eigenvalue weighted by Crippen LogP contribution is 2.31. The highest BCUT2D eigenvalue weighted by molar-refractivity contribution is 5.90. The second-order valence-corrected chi connectivity index (χ2v) is 6.96. The van der Waals surface area contributed by atoms with Crippen LogP contribution >= 0.6 is 0 Å². The monoisotopic (exact) mass is 429 g/mol. The lowest BCUT2D eigenvalue weighted by Crippen LogP contribution is -1.98. The summed E-state index contributed by atoms with van der Waals surface area (Å²) < 4.78 is 29.6. The van der Waals surface area contributed by atoms with Gasteiger partial charge in [0.2, 0.25) is 0 Å². The van der Waals surface area contributed by atoms with E-state index in [1.165, 1.54) is 12.1 Å². The molecule has 0 fully saturated rings. The molecule has 0 unspecified atom stereocenters. The van der Waals surface area contributed by atoms with Crippen LogP contribution in [0.4, 0.5) is 4.39 Å². The minimum atomic E-state index is -0.292. The Morgan fingerprint density at radius 2 is 1.84 bits per heavy atom. The number of H-pyrrole nitrogens is 1.